The molecule has 0 unspecified atom stereocenters. The molecule has 5 nitrogen and oxygen atoms in total. The fraction of sp³-hybridized carbons (Fsp3) is 0.625. The molecule has 1 atom stereocenters. The Morgan fingerprint density at radius 1 is 1.33 bits per heavy atom. The van der Waals surface area contributed by atoms with E-state index in [2.05, 4.69) is 16.0 Å². The summed E-state index contributed by atoms with van der Waals surface area (Å²) in [6.07, 6.45) is 1.65. The maximum atomic E-state index is 12.2. The summed E-state index contributed by atoms with van der Waals surface area (Å²) in [7, 11) is 0. The maximum Gasteiger partial charge on any atom is 0.410 e. The van der Waals surface area contributed by atoms with Gasteiger partial charge in [0, 0.05) is 31.9 Å². The van der Waals surface area contributed by atoms with Crippen LogP contribution < -0.4 is 4.90 Å². The number of ether oxygens (including phenoxy) is 1. The minimum Gasteiger partial charge on any atom is -0.444 e. The van der Waals surface area contributed by atoms with Crippen molar-refractivity contribution in [3.05, 3.63) is 23.9 Å². The van der Waals surface area contributed by atoms with Gasteiger partial charge in [0.2, 0.25) is 0 Å². The third-order valence-corrected chi connectivity index (χ3v) is 3.48. The van der Waals surface area contributed by atoms with Crippen LogP contribution in [-0.2, 0) is 4.74 Å². The number of carbonyl (C=O) groups is 1. The minimum atomic E-state index is -0.452. The van der Waals surface area contributed by atoms with Crippen molar-refractivity contribution in [2.45, 2.75) is 46.3 Å². The third kappa shape index (κ3) is 4.09. The van der Waals surface area contributed by atoms with Crippen LogP contribution in [0.25, 0.3) is 0 Å². The zero-order valence-corrected chi connectivity index (χ0v) is 13.6. The van der Waals surface area contributed by atoms with Crippen molar-refractivity contribution < 1.29 is 9.53 Å². The van der Waals surface area contributed by atoms with E-state index in [1.165, 1.54) is 0 Å². The Hall–Kier alpha value is -1.78. The molecule has 1 fully saturated rings. The van der Waals surface area contributed by atoms with Gasteiger partial charge in [0.25, 0.3) is 0 Å². The lowest BCUT2D eigenvalue weighted by Gasteiger charge is -2.40. The first-order valence-corrected chi connectivity index (χ1v) is 7.43. The molecule has 0 aromatic carbocycles. The van der Waals surface area contributed by atoms with Crippen molar-refractivity contribution >= 4 is 11.9 Å². The van der Waals surface area contributed by atoms with Gasteiger partial charge in [-0.3, -0.25) is 0 Å². The number of carbonyl (C=O) groups excluding carboxylic acids is 1. The molecular weight excluding hydrogens is 266 g/mol. The Kier molecular flexibility index (Phi) is 4.40. The minimum absolute atomic E-state index is 0.108. The summed E-state index contributed by atoms with van der Waals surface area (Å²) < 4.78 is 5.46. The van der Waals surface area contributed by atoms with Gasteiger partial charge < -0.3 is 14.5 Å². The Balaban J connectivity index is 1.99. The number of rotatable bonds is 1. The first-order valence-electron chi connectivity index (χ1n) is 7.43. The molecule has 1 saturated heterocycles. The van der Waals surface area contributed by atoms with E-state index in [0.717, 1.165) is 24.5 Å². The molecule has 2 rings (SSSR count). The van der Waals surface area contributed by atoms with Gasteiger partial charge in [0.1, 0.15) is 11.4 Å². The molecule has 21 heavy (non-hydrogen) atoms. The van der Waals surface area contributed by atoms with Crippen LogP contribution in [0.4, 0.5) is 10.6 Å². The van der Waals surface area contributed by atoms with Crippen molar-refractivity contribution in [2.75, 3.05) is 24.5 Å². The largest absolute Gasteiger partial charge is 0.444 e. The highest BCUT2D eigenvalue weighted by molar-refractivity contribution is 5.69. The topological polar surface area (TPSA) is 45.7 Å². The van der Waals surface area contributed by atoms with Crippen molar-refractivity contribution in [1.82, 2.24) is 9.88 Å². The summed E-state index contributed by atoms with van der Waals surface area (Å²) in [6, 6.07) is 4.20. The van der Waals surface area contributed by atoms with E-state index in [1.54, 1.807) is 4.90 Å². The second kappa shape index (κ2) is 5.92. The Morgan fingerprint density at radius 2 is 2.05 bits per heavy atom. The highest BCUT2D eigenvalue weighted by Crippen LogP contribution is 2.19. The normalized spacial score (nSPS) is 19.6. The number of anilines is 1. The van der Waals surface area contributed by atoms with Crippen LogP contribution in [0.3, 0.4) is 0 Å². The quantitative estimate of drug-likeness (QED) is 0.798. The number of hydrogen-bond donors (Lipinski definition) is 0. The zero-order chi connectivity index (χ0) is 15.6. The van der Waals surface area contributed by atoms with E-state index in [4.69, 9.17) is 4.74 Å². The molecule has 0 bridgehead atoms. The summed E-state index contributed by atoms with van der Waals surface area (Å²) in [5.41, 5.74) is 0.700. The molecule has 0 saturated carbocycles. The van der Waals surface area contributed by atoms with E-state index in [9.17, 15) is 4.79 Å². The first-order chi connectivity index (χ1) is 9.76. The van der Waals surface area contributed by atoms with Gasteiger partial charge in [-0.25, -0.2) is 9.78 Å². The van der Waals surface area contributed by atoms with Gasteiger partial charge >= 0.3 is 6.09 Å². The summed E-state index contributed by atoms with van der Waals surface area (Å²) in [5.74, 6) is 0.969. The van der Waals surface area contributed by atoms with E-state index in [1.807, 2.05) is 46.9 Å². The molecular formula is C16H25N3O2. The van der Waals surface area contributed by atoms with Gasteiger partial charge in [0.15, 0.2) is 0 Å². The molecule has 0 radical (unpaired) electrons. The molecule has 2 heterocycles. The fourth-order valence-electron chi connectivity index (χ4n) is 2.40. The van der Waals surface area contributed by atoms with Gasteiger partial charge in [-0.1, -0.05) is 6.07 Å². The van der Waals surface area contributed by atoms with Crippen LogP contribution in [0.2, 0.25) is 0 Å². The summed E-state index contributed by atoms with van der Waals surface area (Å²) in [4.78, 5) is 20.7. The van der Waals surface area contributed by atoms with Gasteiger partial charge in [-0.05, 0) is 46.2 Å². The lowest BCUT2D eigenvalue weighted by molar-refractivity contribution is 0.0158. The lowest BCUT2D eigenvalue weighted by Crippen LogP contribution is -2.55. The molecule has 1 aromatic rings. The molecule has 0 N–H and O–H groups in total. The average Bonchev–Trinajstić information content (AvgIpc) is 2.37. The van der Waals surface area contributed by atoms with Crippen molar-refractivity contribution in [2.24, 2.45) is 0 Å². The molecule has 116 valence electrons. The van der Waals surface area contributed by atoms with Crippen LogP contribution in [-0.4, -0.2) is 47.3 Å². The average molecular weight is 291 g/mol. The highest BCUT2D eigenvalue weighted by atomic mass is 16.6. The van der Waals surface area contributed by atoms with Gasteiger partial charge in [-0.15, -0.1) is 0 Å². The van der Waals surface area contributed by atoms with E-state index in [0.29, 0.717) is 6.54 Å². The SMILES string of the molecule is Cc1ccc(N2CCN(C(=O)OC(C)(C)C)[C@@H](C)C2)nc1. The van der Waals surface area contributed by atoms with Gasteiger partial charge in [0.05, 0.1) is 0 Å². The number of piperazine rings is 1. The summed E-state index contributed by atoms with van der Waals surface area (Å²) >= 11 is 0. The second-order valence-electron chi connectivity index (χ2n) is 6.66. The highest BCUT2D eigenvalue weighted by Gasteiger charge is 2.31. The zero-order valence-electron chi connectivity index (χ0n) is 13.6. The smallest absolute Gasteiger partial charge is 0.410 e. The first kappa shape index (κ1) is 15.6. The Bertz CT molecular complexity index is 493. The monoisotopic (exact) mass is 291 g/mol. The Labute approximate surface area is 126 Å². The summed E-state index contributed by atoms with van der Waals surface area (Å²) in [6.45, 7) is 12.0. The van der Waals surface area contributed by atoms with E-state index >= 15 is 0 Å². The van der Waals surface area contributed by atoms with Crippen LogP contribution in [0.5, 0.6) is 0 Å². The number of aryl methyl sites for hydroxylation is 1. The Morgan fingerprint density at radius 3 is 2.57 bits per heavy atom. The molecule has 0 spiro atoms. The van der Waals surface area contributed by atoms with Crippen molar-refractivity contribution in [1.29, 1.82) is 0 Å². The lowest BCUT2D eigenvalue weighted by atomic mass is 10.2. The van der Waals surface area contributed by atoms with Crippen LogP contribution in [0, 0.1) is 6.92 Å². The van der Waals surface area contributed by atoms with Crippen molar-refractivity contribution in [3.8, 4) is 0 Å². The predicted octanol–water partition coefficient (Wildman–Crippen LogP) is 2.84. The van der Waals surface area contributed by atoms with E-state index in [-0.39, 0.29) is 12.1 Å². The number of amides is 1. The van der Waals surface area contributed by atoms with Crippen LogP contribution in [0.1, 0.15) is 33.3 Å². The van der Waals surface area contributed by atoms with Crippen molar-refractivity contribution in [3.63, 3.8) is 0 Å². The van der Waals surface area contributed by atoms with Crippen LogP contribution in [0.15, 0.2) is 18.3 Å². The fourth-order valence-corrected chi connectivity index (χ4v) is 2.40. The van der Waals surface area contributed by atoms with E-state index < -0.39 is 5.60 Å². The number of hydrogen-bond acceptors (Lipinski definition) is 4. The third-order valence-electron chi connectivity index (χ3n) is 3.48. The van der Waals surface area contributed by atoms with Crippen LogP contribution >= 0.6 is 0 Å². The maximum absolute atomic E-state index is 12.2. The standard InChI is InChI=1S/C16H25N3O2/c1-12-6-7-14(17-10-12)18-8-9-19(13(2)11-18)15(20)21-16(3,4)5/h6-7,10,13H,8-9,11H2,1-5H3/t13-/m0/s1. The number of nitrogens with zero attached hydrogens (tertiary/aromatic N) is 3. The summed E-state index contributed by atoms with van der Waals surface area (Å²) in [5, 5.41) is 0. The predicted molar refractivity (Wildman–Crippen MR) is 83.6 cm³/mol. The molecule has 5 heteroatoms. The molecule has 0 aliphatic carbocycles. The number of pyridine rings is 1. The second-order valence-corrected chi connectivity index (χ2v) is 6.66. The molecule has 1 aliphatic heterocycles. The molecule has 1 aromatic heterocycles. The number of aromatic nitrogens is 1. The van der Waals surface area contributed by atoms with Gasteiger partial charge in [-0.2, -0.15) is 0 Å². The molecule has 1 amide bonds. The molecule has 1 aliphatic rings.